The summed E-state index contributed by atoms with van der Waals surface area (Å²) in [7, 11) is 0. The van der Waals surface area contributed by atoms with Crippen molar-refractivity contribution < 1.29 is 14.4 Å². The first-order valence-electron chi connectivity index (χ1n) is 10.4. The van der Waals surface area contributed by atoms with Gasteiger partial charge in [0.15, 0.2) is 0 Å². The Kier molecular flexibility index (Phi) is 6.77. The van der Waals surface area contributed by atoms with Crippen LogP contribution in [0.25, 0.3) is 6.08 Å². The fraction of sp³-hybridized carbons (Fsp3) is 0.115. The Balaban J connectivity index is 1.65. The minimum absolute atomic E-state index is 0.130. The number of hydrogen-bond donors (Lipinski definition) is 1. The number of imide groups is 2. The van der Waals surface area contributed by atoms with E-state index < -0.39 is 17.8 Å². The van der Waals surface area contributed by atoms with Crippen LogP contribution in [-0.2, 0) is 22.4 Å². The van der Waals surface area contributed by atoms with E-state index in [0.29, 0.717) is 29.1 Å². The summed E-state index contributed by atoms with van der Waals surface area (Å²) in [6.45, 7) is 1.94. The topological polar surface area (TPSA) is 66.5 Å². The van der Waals surface area contributed by atoms with E-state index >= 15 is 0 Å². The van der Waals surface area contributed by atoms with E-state index in [9.17, 15) is 14.4 Å². The van der Waals surface area contributed by atoms with Crippen molar-refractivity contribution in [1.82, 2.24) is 5.32 Å². The van der Waals surface area contributed by atoms with E-state index in [0.717, 1.165) is 26.1 Å². The van der Waals surface area contributed by atoms with Crippen molar-refractivity contribution in [3.63, 3.8) is 0 Å². The molecule has 1 saturated heterocycles. The van der Waals surface area contributed by atoms with E-state index in [-0.39, 0.29) is 5.57 Å². The van der Waals surface area contributed by atoms with Crippen LogP contribution in [0.4, 0.5) is 10.5 Å². The number of rotatable bonds is 5. The van der Waals surface area contributed by atoms with Gasteiger partial charge >= 0.3 is 6.03 Å². The highest BCUT2D eigenvalue weighted by atomic mass is 79.9. The van der Waals surface area contributed by atoms with Crippen molar-refractivity contribution in [3.05, 3.63) is 104 Å². The van der Waals surface area contributed by atoms with Gasteiger partial charge in [-0.25, -0.2) is 9.69 Å². The molecule has 1 aliphatic rings. The smallest absolute Gasteiger partial charge is 0.273 e. The van der Waals surface area contributed by atoms with E-state index in [2.05, 4.69) is 21.2 Å². The van der Waals surface area contributed by atoms with E-state index in [1.165, 1.54) is 6.08 Å². The third-order valence-electron chi connectivity index (χ3n) is 5.44. The number of urea groups is 1. The van der Waals surface area contributed by atoms with Crippen molar-refractivity contribution in [2.45, 2.75) is 19.8 Å². The van der Waals surface area contributed by atoms with Crippen LogP contribution >= 0.6 is 27.5 Å². The van der Waals surface area contributed by atoms with Gasteiger partial charge in [0.25, 0.3) is 11.8 Å². The van der Waals surface area contributed by atoms with Gasteiger partial charge in [0.05, 0.1) is 5.69 Å². The number of nitrogens with one attached hydrogen (secondary N) is 1. The Morgan fingerprint density at radius 3 is 2.33 bits per heavy atom. The van der Waals surface area contributed by atoms with Gasteiger partial charge in [-0.2, -0.15) is 0 Å². The molecule has 3 aromatic rings. The van der Waals surface area contributed by atoms with Gasteiger partial charge in [-0.1, -0.05) is 83.0 Å². The van der Waals surface area contributed by atoms with E-state index in [1.54, 1.807) is 24.3 Å². The average Bonchev–Trinajstić information content (AvgIpc) is 2.80. The highest BCUT2D eigenvalue weighted by Crippen LogP contribution is 2.28. The van der Waals surface area contributed by atoms with Gasteiger partial charge in [0.1, 0.15) is 5.57 Å². The molecule has 0 saturated carbocycles. The minimum Gasteiger partial charge on any atom is -0.273 e. The van der Waals surface area contributed by atoms with Crippen LogP contribution in [0.3, 0.4) is 0 Å². The summed E-state index contributed by atoms with van der Waals surface area (Å²) >= 11 is 10.1. The van der Waals surface area contributed by atoms with Crippen LogP contribution in [0.2, 0.25) is 5.02 Å². The molecule has 0 spiro atoms. The fourth-order valence-electron chi connectivity index (χ4n) is 3.71. The molecular weight excluding hydrogens is 504 g/mol. The number of nitrogens with zero attached hydrogens (tertiary/aromatic N) is 1. The number of carbonyl (C=O) groups is 3. The molecule has 33 heavy (non-hydrogen) atoms. The summed E-state index contributed by atoms with van der Waals surface area (Å²) < 4.78 is 0.994. The standard InChI is InChI=1S/C26H20BrClN2O3/c1-2-17-7-4-6-10-23(17)30-25(32)20(24(31)29-26(30)33)13-16-11-12-19(22(28)14-16)15-18-8-3-5-9-21(18)27/h3-14H,2,15H2,1H3,(H,29,31,33)/b20-13-. The van der Waals surface area contributed by atoms with Crippen molar-refractivity contribution in [1.29, 1.82) is 0 Å². The zero-order valence-electron chi connectivity index (χ0n) is 17.8. The third kappa shape index (κ3) is 4.77. The minimum atomic E-state index is -0.759. The second-order valence-corrected chi connectivity index (χ2v) is 8.82. The third-order valence-corrected chi connectivity index (χ3v) is 6.57. The number of hydrogen-bond acceptors (Lipinski definition) is 3. The van der Waals surface area contributed by atoms with Crippen LogP contribution in [0.5, 0.6) is 0 Å². The number of benzene rings is 3. The van der Waals surface area contributed by atoms with Crippen LogP contribution in [-0.4, -0.2) is 17.8 Å². The van der Waals surface area contributed by atoms with Gasteiger partial charge in [-0.05, 0) is 52.9 Å². The molecule has 1 aliphatic heterocycles. The first-order chi connectivity index (χ1) is 15.9. The van der Waals surface area contributed by atoms with Crippen molar-refractivity contribution >= 4 is 57.1 Å². The molecule has 166 valence electrons. The summed E-state index contributed by atoms with van der Waals surface area (Å²) in [4.78, 5) is 39.2. The molecule has 0 radical (unpaired) electrons. The maximum absolute atomic E-state index is 13.2. The lowest BCUT2D eigenvalue weighted by molar-refractivity contribution is -0.122. The molecule has 0 atom stereocenters. The fourth-order valence-corrected chi connectivity index (χ4v) is 4.40. The SMILES string of the molecule is CCc1ccccc1N1C(=O)NC(=O)/C(=C/c2ccc(Cc3ccccc3Br)c(Cl)c2)C1=O. The lowest BCUT2D eigenvalue weighted by Crippen LogP contribution is -2.54. The Morgan fingerprint density at radius 2 is 1.64 bits per heavy atom. The quantitative estimate of drug-likeness (QED) is 0.333. The second-order valence-electron chi connectivity index (χ2n) is 7.56. The van der Waals surface area contributed by atoms with Gasteiger partial charge in [0.2, 0.25) is 0 Å². The van der Waals surface area contributed by atoms with Gasteiger partial charge in [-0.15, -0.1) is 0 Å². The van der Waals surface area contributed by atoms with Crippen LogP contribution in [0.1, 0.15) is 29.2 Å². The summed E-state index contributed by atoms with van der Waals surface area (Å²) in [6, 6.07) is 19.6. The predicted molar refractivity (Wildman–Crippen MR) is 133 cm³/mol. The molecule has 3 aromatic carbocycles. The number of halogens is 2. The first-order valence-corrected chi connectivity index (χ1v) is 11.6. The van der Waals surface area contributed by atoms with Crippen LogP contribution in [0, 0.1) is 0 Å². The summed E-state index contributed by atoms with van der Waals surface area (Å²) in [5.41, 5.74) is 3.76. The lowest BCUT2D eigenvalue weighted by atomic mass is 10.0. The molecule has 4 amide bonds. The number of amides is 4. The molecule has 0 bridgehead atoms. The molecule has 1 fully saturated rings. The monoisotopic (exact) mass is 522 g/mol. The maximum atomic E-state index is 13.2. The van der Waals surface area contributed by atoms with Crippen molar-refractivity contribution in [2.24, 2.45) is 0 Å². The molecule has 1 heterocycles. The number of para-hydroxylation sites is 1. The normalized spacial score (nSPS) is 15.2. The number of carbonyl (C=O) groups excluding carboxylic acids is 3. The predicted octanol–water partition coefficient (Wildman–Crippen LogP) is 5.92. The largest absolute Gasteiger partial charge is 0.335 e. The van der Waals surface area contributed by atoms with Crippen molar-refractivity contribution in [2.75, 3.05) is 4.90 Å². The Bertz CT molecular complexity index is 1300. The highest BCUT2D eigenvalue weighted by molar-refractivity contribution is 9.10. The van der Waals surface area contributed by atoms with E-state index in [4.69, 9.17) is 11.6 Å². The van der Waals surface area contributed by atoms with Crippen molar-refractivity contribution in [3.8, 4) is 0 Å². The molecular formula is C26H20BrClN2O3. The number of anilines is 1. The summed E-state index contributed by atoms with van der Waals surface area (Å²) in [5, 5.41) is 2.79. The average molecular weight is 524 g/mol. The summed E-state index contributed by atoms with van der Waals surface area (Å²) in [5.74, 6) is -1.40. The van der Waals surface area contributed by atoms with Gasteiger partial charge < -0.3 is 0 Å². The highest BCUT2D eigenvalue weighted by Gasteiger charge is 2.37. The number of barbiturate groups is 1. The van der Waals surface area contributed by atoms with E-state index in [1.807, 2.05) is 49.4 Å². The number of aryl methyl sites for hydroxylation is 1. The molecule has 0 unspecified atom stereocenters. The van der Waals surface area contributed by atoms with Crippen LogP contribution in [0.15, 0.2) is 76.8 Å². The molecule has 4 rings (SSSR count). The van der Waals surface area contributed by atoms with Gasteiger partial charge in [0, 0.05) is 15.9 Å². The lowest BCUT2D eigenvalue weighted by Gasteiger charge is -2.28. The zero-order valence-corrected chi connectivity index (χ0v) is 20.1. The molecule has 1 N–H and O–H groups in total. The summed E-state index contributed by atoms with van der Waals surface area (Å²) in [6.07, 6.45) is 2.72. The Morgan fingerprint density at radius 1 is 0.939 bits per heavy atom. The zero-order chi connectivity index (χ0) is 23.5. The first kappa shape index (κ1) is 23.0. The van der Waals surface area contributed by atoms with Gasteiger partial charge in [-0.3, -0.25) is 14.9 Å². The maximum Gasteiger partial charge on any atom is 0.335 e. The molecule has 0 aromatic heterocycles. The Hall–Kier alpha value is -3.22. The second kappa shape index (κ2) is 9.73. The van der Waals surface area contributed by atoms with Crippen LogP contribution < -0.4 is 10.2 Å². The molecule has 5 nitrogen and oxygen atoms in total. The Labute approximate surface area is 205 Å². The molecule has 0 aliphatic carbocycles. The molecule has 7 heteroatoms.